The molecule has 0 spiro atoms. The summed E-state index contributed by atoms with van der Waals surface area (Å²) in [4.78, 5) is 14.2. The molecule has 0 atom stereocenters. The molecule has 0 aromatic rings. The Balaban J connectivity index is 1.46. The van der Waals surface area contributed by atoms with E-state index >= 15 is 0 Å². The van der Waals surface area contributed by atoms with E-state index in [0.717, 1.165) is 17.8 Å². The highest BCUT2D eigenvalue weighted by Gasteiger charge is 2.50. The molecule has 0 aromatic heterocycles. The lowest BCUT2D eigenvalue weighted by atomic mass is 9.53. The van der Waals surface area contributed by atoms with Crippen molar-refractivity contribution in [1.29, 1.82) is 5.26 Å². The zero-order valence-electron chi connectivity index (χ0n) is 13.6. The minimum absolute atomic E-state index is 0.141. The van der Waals surface area contributed by atoms with Crippen LogP contribution in [0.25, 0.3) is 0 Å². The molecule has 5 nitrogen and oxygen atoms in total. The normalized spacial score (nSPS) is 39.2. The van der Waals surface area contributed by atoms with Gasteiger partial charge in [-0.15, -0.1) is 0 Å². The molecule has 0 aromatic carbocycles. The predicted octanol–water partition coefficient (Wildman–Crippen LogP) is 1.81. The summed E-state index contributed by atoms with van der Waals surface area (Å²) in [5.41, 5.74) is 0.380. The Morgan fingerprint density at radius 1 is 1.13 bits per heavy atom. The van der Waals surface area contributed by atoms with Gasteiger partial charge >= 0.3 is 0 Å². The molecule has 124 valence electrons. The second-order valence-electron chi connectivity index (χ2n) is 7.92. The van der Waals surface area contributed by atoms with Gasteiger partial charge in [0.25, 0.3) is 5.91 Å². The van der Waals surface area contributed by atoms with Crippen molar-refractivity contribution in [3.8, 4) is 6.07 Å². The minimum Gasteiger partial charge on any atom is -0.384 e. The third-order valence-corrected chi connectivity index (χ3v) is 6.21. The zero-order chi connectivity index (χ0) is 15.9. The van der Waals surface area contributed by atoms with Gasteiger partial charge in [-0.25, -0.2) is 0 Å². The summed E-state index contributed by atoms with van der Waals surface area (Å²) < 4.78 is 5.28. The molecule has 1 saturated heterocycles. The number of carbonyl (C=O) groups excluding carboxylic acids is 1. The van der Waals surface area contributed by atoms with Crippen molar-refractivity contribution in [2.45, 2.75) is 44.1 Å². The molecule has 4 bridgehead atoms. The van der Waals surface area contributed by atoms with E-state index in [9.17, 15) is 10.1 Å². The molecule has 5 fully saturated rings. The first kappa shape index (κ1) is 15.0. The quantitative estimate of drug-likeness (QED) is 0.637. The van der Waals surface area contributed by atoms with Crippen molar-refractivity contribution in [3.63, 3.8) is 0 Å². The molecular formula is C18H25N3O2. The van der Waals surface area contributed by atoms with Crippen LogP contribution in [0, 0.1) is 29.1 Å². The van der Waals surface area contributed by atoms with Crippen LogP contribution in [0.5, 0.6) is 0 Å². The van der Waals surface area contributed by atoms with Gasteiger partial charge in [-0.1, -0.05) is 0 Å². The lowest BCUT2D eigenvalue weighted by molar-refractivity contribution is -0.130. The first-order valence-electron chi connectivity index (χ1n) is 8.92. The fourth-order valence-electron chi connectivity index (χ4n) is 5.59. The molecule has 0 radical (unpaired) electrons. The highest BCUT2D eigenvalue weighted by molar-refractivity contribution is 5.97. The lowest BCUT2D eigenvalue weighted by Gasteiger charge is -2.57. The summed E-state index contributed by atoms with van der Waals surface area (Å²) in [7, 11) is 0. The van der Waals surface area contributed by atoms with Gasteiger partial charge in [-0.3, -0.25) is 4.79 Å². The van der Waals surface area contributed by atoms with E-state index in [1.165, 1.54) is 38.5 Å². The van der Waals surface area contributed by atoms with Crippen LogP contribution >= 0.6 is 0 Å². The number of ether oxygens (including phenoxy) is 1. The minimum atomic E-state index is -0.159. The third-order valence-electron chi connectivity index (χ3n) is 6.21. The molecule has 1 aliphatic heterocycles. The number of amides is 1. The molecule has 5 rings (SSSR count). The molecule has 0 unspecified atom stereocenters. The fraction of sp³-hybridized carbons (Fsp3) is 0.778. The molecular weight excluding hydrogens is 290 g/mol. The van der Waals surface area contributed by atoms with E-state index < -0.39 is 0 Å². The Morgan fingerprint density at radius 3 is 2.22 bits per heavy atom. The van der Waals surface area contributed by atoms with E-state index in [0.29, 0.717) is 26.3 Å². The largest absolute Gasteiger partial charge is 0.384 e. The molecule has 4 aliphatic carbocycles. The fourth-order valence-corrected chi connectivity index (χ4v) is 5.59. The number of hydrogen-bond donors (Lipinski definition) is 1. The van der Waals surface area contributed by atoms with Gasteiger partial charge in [0.15, 0.2) is 0 Å². The van der Waals surface area contributed by atoms with Gasteiger partial charge < -0.3 is 15.0 Å². The molecule has 1 heterocycles. The van der Waals surface area contributed by atoms with Gasteiger partial charge in [0.1, 0.15) is 11.6 Å². The van der Waals surface area contributed by atoms with Crippen molar-refractivity contribution in [3.05, 3.63) is 11.8 Å². The second kappa shape index (κ2) is 5.83. The monoisotopic (exact) mass is 315 g/mol. The number of rotatable bonds is 3. The number of carbonyl (C=O) groups is 1. The maximum atomic E-state index is 12.5. The highest BCUT2D eigenvalue weighted by atomic mass is 16.5. The summed E-state index contributed by atoms with van der Waals surface area (Å²) in [5, 5.41) is 12.9. The highest BCUT2D eigenvalue weighted by Crippen LogP contribution is 2.55. The lowest BCUT2D eigenvalue weighted by Crippen LogP contribution is -2.57. The van der Waals surface area contributed by atoms with Crippen LogP contribution in [0.2, 0.25) is 0 Å². The molecule has 23 heavy (non-hydrogen) atoms. The average molecular weight is 315 g/mol. The van der Waals surface area contributed by atoms with Crippen molar-refractivity contribution in [2.75, 3.05) is 26.3 Å². The van der Waals surface area contributed by atoms with Crippen LogP contribution in [0.4, 0.5) is 0 Å². The predicted molar refractivity (Wildman–Crippen MR) is 85.1 cm³/mol. The van der Waals surface area contributed by atoms with Crippen LogP contribution < -0.4 is 5.32 Å². The standard InChI is InChI=1S/C18H25N3O2/c19-11-16(17(22)21-1-3-23-4-2-21)12-20-18-8-13-5-14(9-18)7-15(6-13)10-18/h12-15,20H,1-10H2/b16-12-. The second-order valence-corrected chi connectivity index (χ2v) is 7.92. The van der Waals surface area contributed by atoms with Crippen molar-refractivity contribution >= 4 is 5.91 Å². The summed E-state index contributed by atoms with van der Waals surface area (Å²) in [5.74, 6) is 2.39. The topological polar surface area (TPSA) is 65.4 Å². The van der Waals surface area contributed by atoms with Gasteiger partial charge in [0.05, 0.1) is 13.2 Å². The molecule has 5 heteroatoms. The third kappa shape index (κ3) is 2.85. The van der Waals surface area contributed by atoms with Crippen LogP contribution in [-0.4, -0.2) is 42.6 Å². The van der Waals surface area contributed by atoms with E-state index in [1.807, 2.05) is 0 Å². The van der Waals surface area contributed by atoms with Gasteiger partial charge in [-0.2, -0.15) is 5.26 Å². The van der Waals surface area contributed by atoms with Crippen LogP contribution in [-0.2, 0) is 9.53 Å². The van der Waals surface area contributed by atoms with Gasteiger partial charge in [0, 0.05) is 24.8 Å². The average Bonchev–Trinajstić information content (AvgIpc) is 2.54. The number of morpholine rings is 1. The first-order chi connectivity index (χ1) is 11.2. The zero-order valence-corrected chi connectivity index (χ0v) is 13.6. The Hall–Kier alpha value is -1.54. The maximum absolute atomic E-state index is 12.5. The van der Waals surface area contributed by atoms with E-state index in [1.54, 1.807) is 11.1 Å². The summed E-state index contributed by atoms with van der Waals surface area (Å²) in [6, 6.07) is 2.10. The number of nitrogens with one attached hydrogen (secondary N) is 1. The summed E-state index contributed by atoms with van der Waals surface area (Å²) in [6.07, 6.45) is 9.51. The molecule has 4 saturated carbocycles. The SMILES string of the molecule is N#C/C(=C/NC12CC3CC(CC(C3)C1)C2)C(=O)N1CCOCC1. The smallest absolute Gasteiger partial charge is 0.266 e. The Labute approximate surface area is 137 Å². The van der Waals surface area contributed by atoms with E-state index in [4.69, 9.17) is 4.74 Å². The summed E-state index contributed by atoms with van der Waals surface area (Å²) in [6.45, 7) is 2.28. The van der Waals surface area contributed by atoms with Gasteiger partial charge in [-0.05, 0) is 56.3 Å². The van der Waals surface area contributed by atoms with E-state index in [2.05, 4.69) is 11.4 Å². The molecule has 5 aliphatic rings. The Kier molecular flexibility index (Phi) is 3.81. The van der Waals surface area contributed by atoms with E-state index in [-0.39, 0.29) is 17.0 Å². The number of hydrogen-bond acceptors (Lipinski definition) is 4. The Bertz CT molecular complexity index is 522. The molecule has 1 amide bonds. The number of nitriles is 1. The van der Waals surface area contributed by atoms with Crippen molar-refractivity contribution in [2.24, 2.45) is 17.8 Å². The molecule has 1 N–H and O–H groups in total. The van der Waals surface area contributed by atoms with Crippen LogP contribution in [0.15, 0.2) is 11.8 Å². The summed E-state index contributed by atoms with van der Waals surface area (Å²) >= 11 is 0. The maximum Gasteiger partial charge on any atom is 0.266 e. The van der Waals surface area contributed by atoms with Crippen molar-refractivity contribution in [1.82, 2.24) is 10.2 Å². The Morgan fingerprint density at radius 2 is 1.70 bits per heavy atom. The van der Waals surface area contributed by atoms with Gasteiger partial charge in [0.2, 0.25) is 0 Å². The van der Waals surface area contributed by atoms with Crippen molar-refractivity contribution < 1.29 is 9.53 Å². The first-order valence-corrected chi connectivity index (χ1v) is 8.92. The number of nitrogens with zero attached hydrogens (tertiary/aromatic N) is 2. The van der Waals surface area contributed by atoms with Crippen LogP contribution in [0.3, 0.4) is 0 Å². The van der Waals surface area contributed by atoms with Crippen LogP contribution in [0.1, 0.15) is 38.5 Å².